The van der Waals surface area contributed by atoms with Crippen LogP contribution in [0.5, 0.6) is 0 Å². The fourth-order valence-corrected chi connectivity index (χ4v) is 9.01. The van der Waals surface area contributed by atoms with Gasteiger partial charge in [0.2, 0.25) is 0 Å². The van der Waals surface area contributed by atoms with Crippen LogP contribution >= 0.6 is 0 Å². The Bertz CT molecular complexity index is 1390. The first-order chi connectivity index (χ1) is 26.1. The lowest BCUT2D eigenvalue weighted by molar-refractivity contribution is -0.371. The normalized spacial score (nSPS) is 46.8. The molecule has 0 amide bonds. The highest BCUT2D eigenvalue weighted by Gasteiger charge is 2.56. The van der Waals surface area contributed by atoms with Crippen LogP contribution in [0.15, 0.2) is 36.5 Å². The Balaban J connectivity index is 1.99. The molecule has 0 aromatic heterocycles. The zero-order chi connectivity index (χ0) is 42.3. The number of hydrogen-bond acceptors (Lipinski definition) is 11. The lowest BCUT2D eigenvalue weighted by atomic mass is 9.74. The van der Waals surface area contributed by atoms with Gasteiger partial charge in [-0.25, -0.2) is 4.79 Å². The van der Waals surface area contributed by atoms with E-state index in [4.69, 9.17) is 14.2 Å². The third-order valence-corrected chi connectivity index (χ3v) is 13.4. The molecule has 3 heterocycles. The third-order valence-electron chi connectivity index (χ3n) is 13.4. The minimum atomic E-state index is -2.18. The highest BCUT2D eigenvalue weighted by atomic mass is 16.7. The molecule has 2 fully saturated rings. The fraction of sp³-hybridized carbons (Fsp3) is 0.800. The standard InChI is InChI=1S/C45H74O11/c1-12-34-17-15-13-14-16-27(4)42(51)44(11,53)43(52)32(9)40(50)31(8)39(49)30(7)38(48)26(3)18-21-37(47)54-41-29(6)35(20-19-34)55-45(33(41)10)23-22-25(2)36(56-45)24-28(5)46/h13-15,17-18,21,25-36,38,40-42,46,48,50-51,53H,12,16,19-20,22-24H2,1-11H3/b14-13-,17-15-,21-18-/t25-,26-,27+,28+,29+,30-,31+,32+,33-,34?,35?,36?,38+,40+,41?,42-,44+,45?/m1/s1. The molecule has 2 saturated heterocycles. The number of rotatable bonds is 3. The molecule has 320 valence electrons. The van der Waals surface area contributed by atoms with Gasteiger partial charge in [0.05, 0.1) is 36.6 Å². The maximum Gasteiger partial charge on any atom is 0.330 e. The summed E-state index contributed by atoms with van der Waals surface area (Å²) in [5, 5.41) is 55.0. The first-order valence-electron chi connectivity index (χ1n) is 21.2. The summed E-state index contributed by atoms with van der Waals surface area (Å²) < 4.78 is 20.0. The average molecular weight is 791 g/mol. The molecule has 0 aromatic carbocycles. The van der Waals surface area contributed by atoms with Crippen LogP contribution < -0.4 is 0 Å². The van der Waals surface area contributed by atoms with Crippen LogP contribution in [0.25, 0.3) is 0 Å². The van der Waals surface area contributed by atoms with Gasteiger partial charge in [-0.2, -0.15) is 0 Å². The maximum atomic E-state index is 13.5. The van der Waals surface area contributed by atoms with E-state index in [0.29, 0.717) is 25.7 Å². The topological polar surface area (TPSA) is 180 Å². The predicted octanol–water partition coefficient (Wildman–Crippen LogP) is 5.88. The molecule has 3 aliphatic rings. The van der Waals surface area contributed by atoms with Gasteiger partial charge in [0, 0.05) is 48.0 Å². The number of Topliss-reactive ketones (excluding diaryl/α,β-unsaturated/α-hetero) is 2. The van der Waals surface area contributed by atoms with Gasteiger partial charge < -0.3 is 39.7 Å². The second-order valence-corrected chi connectivity index (χ2v) is 18.0. The van der Waals surface area contributed by atoms with Gasteiger partial charge in [-0.3, -0.25) is 9.59 Å². The van der Waals surface area contributed by atoms with Crippen LogP contribution in [0, 0.1) is 53.3 Å². The van der Waals surface area contributed by atoms with Crippen molar-refractivity contribution in [3.63, 3.8) is 0 Å². The summed E-state index contributed by atoms with van der Waals surface area (Å²) in [5.41, 5.74) is -2.18. The smallest absolute Gasteiger partial charge is 0.330 e. The number of ether oxygens (including phenoxy) is 3. The molecule has 3 aliphatic heterocycles. The number of aliphatic hydroxyl groups is 5. The number of carbonyl (C=O) groups is 3. The summed E-state index contributed by atoms with van der Waals surface area (Å²) >= 11 is 0. The molecule has 5 unspecified atom stereocenters. The zero-order valence-corrected chi connectivity index (χ0v) is 35.8. The minimum absolute atomic E-state index is 0.168. The largest absolute Gasteiger partial charge is 0.458 e. The summed E-state index contributed by atoms with van der Waals surface area (Å²) in [4.78, 5) is 40.5. The Morgan fingerprint density at radius 1 is 0.839 bits per heavy atom. The number of allylic oxidation sites excluding steroid dienone is 4. The Labute approximate surface area is 336 Å². The Kier molecular flexibility index (Phi) is 17.7. The predicted molar refractivity (Wildman–Crippen MR) is 215 cm³/mol. The zero-order valence-electron chi connectivity index (χ0n) is 35.8. The second-order valence-electron chi connectivity index (χ2n) is 18.0. The maximum absolute atomic E-state index is 13.5. The molecule has 18 atom stereocenters. The van der Waals surface area contributed by atoms with E-state index >= 15 is 0 Å². The highest BCUT2D eigenvalue weighted by Crippen LogP contribution is 2.49. The van der Waals surface area contributed by atoms with E-state index in [-0.39, 0.29) is 35.9 Å². The molecular formula is C45H74O11. The number of esters is 1. The van der Waals surface area contributed by atoms with E-state index in [1.807, 2.05) is 32.1 Å². The summed E-state index contributed by atoms with van der Waals surface area (Å²) in [7, 11) is 0. The molecule has 2 bridgehead atoms. The number of fused-ring (bicyclic) bond motifs is 2. The van der Waals surface area contributed by atoms with Crippen molar-refractivity contribution in [1.29, 1.82) is 0 Å². The lowest BCUT2D eigenvalue weighted by Crippen LogP contribution is -2.62. The molecule has 1 spiro atoms. The van der Waals surface area contributed by atoms with Crippen LogP contribution in [-0.4, -0.2) is 97.2 Å². The van der Waals surface area contributed by atoms with Crippen molar-refractivity contribution in [3.05, 3.63) is 36.5 Å². The van der Waals surface area contributed by atoms with Crippen molar-refractivity contribution in [1.82, 2.24) is 0 Å². The number of aliphatic hydroxyl groups excluding tert-OH is 4. The average Bonchev–Trinajstić information content (AvgIpc) is 3.16. The van der Waals surface area contributed by atoms with Gasteiger partial charge in [0.1, 0.15) is 17.5 Å². The van der Waals surface area contributed by atoms with Crippen molar-refractivity contribution in [2.45, 2.75) is 175 Å². The van der Waals surface area contributed by atoms with E-state index in [2.05, 4.69) is 19.9 Å². The van der Waals surface area contributed by atoms with Gasteiger partial charge in [-0.1, -0.05) is 92.7 Å². The van der Waals surface area contributed by atoms with Crippen LogP contribution in [0.3, 0.4) is 0 Å². The summed E-state index contributed by atoms with van der Waals surface area (Å²) in [5.74, 6) is -7.28. The van der Waals surface area contributed by atoms with Crippen LogP contribution in [-0.2, 0) is 28.6 Å². The second kappa shape index (κ2) is 20.6. The van der Waals surface area contributed by atoms with Crippen molar-refractivity contribution in [3.8, 4) is 0 Å². The fourth-order valence-electron chi connectivity index (χ4n) is 9.01. The summed E-state index contributed by atoms with van der Waals surface area (Å²) in [6.45, 7) is 19.1. The van der Waals surface area contributed by atoms with E-state index in [0.717, 1.165) is 19.3 Å². The third kappa shape index (κ3) is 11.5. The molecule has 56 heavy (non-hydrogen) atoms. The molecule has 0 radical (unpaired) electrons. The van der Waals surface area contributed by atoms with E-state index < -0.39 is 89.0 Å². The number of hydrogen-bond donors (Lipinski definition) is 5. The Morgan fingerprint density at radius 3 is 2.11 bits per heavy atom. The molecular weight excluding hydrogens is 716 g/mol. The van der Waals surface area contributed by atoms with E-state index in [1.54, 1.807) is 20.8 Å². The van der Waals surface area contributed by atoms with Crippen LogP contribution in [0.2, 0.25) is 0 Å². The SMILES string of the molecule is CCC1/C=C\C=C/C[C@H](C)[C@@H](O)[C@](C)(O)C(=O)[C@@H](C)[C@@H](O)[C@@H](C)C(=O)[C@H](C)[C@@H](O)[C@H](C)/C=C\C(=O)OC2[C@@H](C)C(CC1)OC1(CC[C@@H](C)C(C[C@H](C)O)O1)[C@@H]2C. The van der Waals surface area contributed by atoms with Crippen LogP contribution in [0.1, 0.15) is 121 Å². The van der Waals surface area contributed by atoms with E-state index in [1.165, 1.54) is 39.8 Å². The van der Waals surface area contributed by atoms with Gasteiger partial charge in [-0.05, 0) is 70.1 Å². The van der Waals surface area contributed by atoms with Crippen molar-refractivity contribution in [2.75, 3.05) is 0 Å². The van der Waals surface area contributed by atoms with Crippen molar-refractivity contribution >= 4 is 17.5 Å². The van der Waals surface area contributed by atoms with Gasteiger partial charge in [-0.15, -0.1) is 0 Å². The first kappa shape index (κ1) is 48.1. The summed E-state index contributed by atoms with van der Waals surface area (Å²) in [6, 6.07) is 0. The van der Waals surface area contributed by atoms with Crippen LogP contribution in [0.4, 0.5) is 0 Å². The summed E-state index contributed by atoms with van der Waals surface area (Å²) in [6.07, 6.45) is 9.62. The number of ketones is 2. The minimum Gasteiger partial charge on any atom is -0.458 e. The molecule has 11 heteroatoms. The van der Waals surface area contributed by atoms with Gasteiger partial charge in [0.15, 0.2) is 11.6 Å². The Hall–Kier alpha value is -2.25. The molecule has 3 rings (SSSR count). The first-order valence-corrected chi connectivity index (χ1v) is 21.2. The van der Waals surface area contributed by atoms with Gasteiger partial charge in [0.25, 0.3) is 0 Å². The monoisotopic (exact) mass is 791 g/mol. The molecule has 5 N–H and O–H groups in total. The van der Waals surface area contributed by atoms with Crippen molar-refractivity contribution in [2.24, 2.45) is 53.3 Å². The molecule has 0 aromatic rings. The van der Waals surface area contributed by atoms with E-state index in [9.17, 15) is 39.9 Å². The quantitative estimate of drug-likeness (QED) is 0.216. The molecule has 11 nitrogen and oxygen atoms in total. The highest BCUT2D eigenvalue weighted by molar-refractivity contribution is 5.91. The molecule has 0 aliphatic carbocycles. The molecule has 0 saturated carbocycles. The van der Waals surface area contributed by atoms with Crippen molar-refractivity contribution < 1.29 is 54.1 Å². The van der Waals surface area contributed by atoms with Gasteiger partial charge >= 0.3 is 5.97 Å². The Morgan fingerprint density at radius 2 is 1.48 bits per heavy atom. The lowest BCUT2D eigenvalue weighted by Gasteiger charge is -2.55. The number of carbonyl (C=O) groups excluding carboxylic acids is 3.